The van der Waals surface area contributed by atoms with Crippen LogP contribution in [0, 0.1) is 29.5 Å². The monoisotopic (exact) mass is 530 g/mol. The quantitative estimate of drug-likeness (QED) is 0.381. The molecule has 36 heavy (non-hydrogen) atoms. The van der Waals surface area contributed by atoms with Crippen molar-refractivity contribution in [2.24, 2.45) is 11.8 Å². The predicted octanol–water partition coefficient (Wildman–Crippen LogP) is 5.38. The molecule has 9 heteroatoms. The van der Waals surface area contributed by atoms with Crippen LogP contribution in [-0.2, 0) is 4.79 Å². The van der Waals surface area contributed by atoms with Crippen LogP contribution >= 0.6 is 22.9 Å². The molecule has 190 valence electrons. The van der Waals surface area contributed by atoms with E-state index in [1.165, 1.54) is 17.4 Å². The Labute approximate surface area is 218 Å². The lowest BCUT2D eigenvalue weighted by molar-refractivity contribution is -0.139. The minimum Gasteiger partial charge on any atom is -0.497 e. The van der Waals surface area contributed by atoms with Gasteiger partial charge in [0.2, 0.25) is 0 Å². The molecule has 3 heterocycles. The number of carboxylic acid groups (broad SMARTS) is 1. The first-order valence-electron chi connectivity index (χ1n) is 11.8. The second kappa shape index (κ2) is 12.0. The molecular formula is C27H28ClFN2O4S. The highest BCUT2D eigenvalue weighted by Crippen LogP contribution is 2.37. The normalized spacial score (nSPS) is 19.0. The molecular weight excluding hydrogens is 503 g/mol. The number of thiophene rings is 1. The highest BCUT2D eigenvalue weighted by molar-refractivity contribution is 7.10. The second-order valence-electron chi connectivity index (χ2n) is 9.04. The zero-order chi connectivity index (χ0) is 25.7. The number of hydrogen-bond donors (Lipinski definition) is 2. The lowest BCUT2D eigenvalue weighted by Crippen LogP contribution is -2.41. The van der Waals surface area contributed by atoms with Gasteiger partial charge in [0.05, 0.1) is 30.3 Å². The number of aliphatic carboxylic acids is 1. The van der Waals surface area contributed by atoms with E-state index in [0.717, 1.165) is 23.9 Å². The summed E-state index contributed by atoms with van der Waals surface area (Å²) in [6, 6.07) is 6.86. The van der Waals surface area contributed by atoms with Crippen molar-refractivity contribution in [3.05, 3.63) is 57.1 Å². The number of aromatic nitrogens is 1. The highest BCUT2D eigenvalue weighted by Gasteiger charge is 2.31. The first-order valence-corrected chi connectivity index (χ1v) is 13.1. The fourth-order valence-electron chi connectivity index (χ4n) is 4.90. The molecule has 3 unspecified atom stereocenters. The molecule has 1 aromatic carbocycles. The molecule has 0 amide bonds. The first kappa shape index (κ1) is 26.4. The van der Waals surface area contributed by atoms with Crippen LogP contribution in [0.2, 0.25) is 5.02 Å². The van der Waals surface area contributed by atoms with Gasteiger partial charge in [0.25, 0.3) is 0 Å². The molecule has 0 spiro atoms. The number of likely N-dealkylation sites (tertiary alicyclic amines) is 1. The molecule has 1 fully saturated rings. The van der Waals surface area contributed by atoms with Crippen LogP contribution in [0.4, 0.5) is 4.39 Å². The molecule has 3 atom stereocenters. The van der Waals surface area contributed by atoms with Crippen LogP contribution in [0.5, 0.6) is 5.75 Å². The van der Waals surface area contributed by atoms with E-state index in [1.54, 1.807) is 18.7 Å². The molecule has 6 nitrogen and oxygen atoms in total. The summed E-state index contributed by atoms with van der Waals surface area (Å²) in [4.78, 5) is 18.5. The third-order valence-electron chi connectivity index (χ3n) is 6.75. The van der Waals surface area contributed by atoms with Gasteiger partial charge in [0.1, 0.15) is 16.4 Å². The Hall–Kier alpha value is -2.70. The van der Waals surface area contributed by atoms with Crippen molar-refractivity contribution < 1.29 is 24.1 Å². The zero-order valence-electron chi connectivity index (χ0n) is 19.9. The molecule has 0 saturated carbocycles. The van der Waals surface area contributed by atoms with Gasteiger partial charge in [0, 0.05) is 30.1 Å². The number of benzene rings is 1. The van der Waals surface area contributed by atoms with E-state index in [0.29, 0.717) is 47.1 Å². The summed E-state index contributed by atoms with van der Waals surface area (Å²) in [5.74, 6) is 5.48. The lowest BCUT2D eigenvalue weighted by Gasteiger charge is -2.37. The number of halogens is 2. The van der Waals surface area contributed by atoms with Gasteiger partial charge in [0.15, 0.2) is 0 Å². The molecule has 3 aromatic rings. The van der Waals surface area contributed by atoms with Gasteiger partial charge < -0.3 is 14.9 Å². The third kappa shape index (κ3) is 6.34. The predicted molar refractivity (Wildman–Crippen MR) is 139 cm³/mol. The molecule has 0 aliphatic carbocycles. The van der Waals surface area contributed by atoms with E-state index in [2.05, 4.69) is 21.7 Å². The number of rotatable bonds is 8. The molecule has 1 aliphatic heterocycles. The fourth-order valence-corrected chi connectivity index (χ4v) is 5.81. The van der Waals surface area contributed by atoms with Crippen molar-refractivity contribution in [2.45, 2.75) is 31.8 Å². The van der Waals surface area contributed by atoms with E-state index >= 15 is 0 Å². The molecule has 2 aromatic heterocycles. The first-order chi connectivity index (χ1) is 17.4. The Kier molecular flexibility index (Phi) is 8.81. The van der Waals surface area contributed by atoms with Crippen molar-refractivity contribution in [2.75, 3.05) is 26.7 Å². The molecule has 1 aliphatic rings. The Balaban J connectivity index is 1.42. The van der Waals surface area contributed by atoms with E-state index < -0.39 is 12.1 Å². The minimum atomic E-state index is -0.839. The van der Waals surface area contributed by atoms with E-state index in [9.17, 15) is 19.4 Å². The number of aliphatic hydroxyl groups is 1. The number of piperidine rings is 1. The average Bonchev–Trinajstić information content (AvgIpc) is 3.27. The Bertz CT molecular complexity index is 1290. The summed E-state index contributed by atoms with van der Waals surface area (Å²) in [7, 11) is 1.58. The largest absolute Gasteiger partial charge is 0.497 e. The van der Waals surface area contributed by atoms with Gasteiger partial charge in [-0.2, -0.15) is 0 Å². The average molecular weight is 531 g/mol. The number of fused-ring (bicyclic) bond motifs is 1. The number of carboxylic acids is 1. The maximum absolute atomic E-state index is 13.6. The van der Waals surface area contributed by atoms with Gasteiger partial charge in [-0.25, -0.2) is 4.39 Å². The summed E-state index contributed by atoms with van der Waals surface area (Å²) in [5.41, 5.74) is 1.33. The van der Waals surface area contributed by atoms with Gasteiger partial charge in [-0.3, -0.25) is 14.7 Å². The van der Waals surface area contributed by atoms with Gasteiger partial charge >= 0.3 is 5.97 Å². The van der Waals surface area contributed by atoms with Crippen molar-refractivity contribution in [3.8, 4) is 17.6 Å². The number of pyridine rings is 1. The van der Waals surface area contributed by atoms with Crippen molar-refractivity contribution in [1.82, 2.24) is 9.88 Å². The number of aliphatic hydroxyl groups excluding tert-OH is 1. The zero-order valence-corrected chi connectivity index (χ0v) is 21.5. The Morgan fingerprint density at radius 3 is 2.94 bits per heavy atom. The summed E-state index contributed by atoms with van der Waals surface area (Å²) in [6.07, 6.45) is 2.71. The van der Waals surface area contributed by atoms with Crippen LogP contribution in [0.15, 0.2) is 35.8 Å². The summed E-state index contributed by atoms with van der Waals surface area (Å²) in [6.45, 7) is 1.84. The number of nitrogens with zero attached hydrogens (tertiary/aromatic N) is 2. The van der Waals surface area contributed by atoms with E-state index in [1.807, 2.05) is 18.2 Å². The molecule has 0 bridgehead atoms. The lowest BCUT2D eigenvalue weighted by atomic mass is 9.79. The van der Waals surface area contributed by atoms with Gasteiger partial charge in [-0.15, -0.1) is 11.3 Å². The third-order valence-corrected chi connectivity index (χ3v) is 7.85. The van der Waals surface area contributed by atoms with Crippen molar-refractivity contribution in [1.29, 1.82) is 0 Å². The second-order valence-corrected chi connectivity index (χ2v) is 10.4. The summed E-state index contributed by atoms with van der Waals surface area (Å²) < 4.78 is 18.9. The van der Waals surface area contributed by atoms with Crippen molar-refractivity contribution >= 4 is 39.8 Å². The van der Waals surface area contributed by atoms with Crippen LogP contribution in [-0.4, -0.2) is 52.8 Å². The standard InChI is InChI=1S/C27H28ClFN2O4S/c1-35-19-5-6-23-20(14-19)27(21(28)15-30-23)24(32)7-4-17-8-11-31(16-18(17)13-26(33)34)10-2-3-25-22(29)9-12-36-25/h5-6,9,12,14-15,17-18,24,32H,4,7-8,10-11,13,16H2,1H3,(H,33,34). The molecule has 2 N–H and O–H groups in total. The Morgan fingerprint density at radius 2 is 2.22 bits per heavy atom. The topological polar surface area (TPSA) is 82.9 Å². The fraction of sp³-hybridized carbons (Fsp3) is 0.407. The minimum absolute atomic E-state index is 0.0559. The maximum atomic E-state index is 13.6. The number of methoxy groups -OCH3 is 1. The molecule has 1 saturated heterocycles. The number of carbonyl (C=O) groups is 1. The SMILES string of the molecule is COc1ccc2ncc(Cl)c(C(O)CCC3CCN(CC#Cc4sccc4F)CC3CC(=O)O)c2c1. The highest BCUT2D eigenvalue weighted by atomic mass is 35.5. The Morgan fingerprint density at radius 1 is 1.39 bits per heavy atom. The molecule has 0 radical (unpaired) electrons. The van der Waals surface area contributed by atoms with E-state index in [4.69, 9.17) is 16.3 Å². The number of ether oxygens (including phenoxy) is 1. The maximum Gasteiger partial charge on any atom is 0.303 e. The van der Waals surface area contributed by atoms with Crippen LogP contribution < -0.4 is 4.74 Å². The number of hydrogen-bond acceptors (Lipinski definition) is 6. The van der Waals surface area contributed by atoms with Crippen LogP contribution in [0.1, 0.15) is 42.2 Å². The van der Waals surface area contributed by atoms with Gasteiger partial charge in [-0.1, -0.05) is 23.4 Å². The summed E-state index contributed by atoms with van der Waals surface area (Å²) >= 11 is 7.71. The van der Waals surface area contributed by atoms with E-state index in [-0.39, 0.29) is 24.1 Å². The van der Waals surface area contributed by atoms with Crippen LogP contribution in [0.3, 0.4) is 0 Å². The van der Waals surface area contributed by atoms with Crippen molar-refractivity contribution in [3.63, 3.8) is 0 Å². The molecule has 4 rings (SSSR count). The van der Waals surface area contributed by atoms with Gasteiger partial charge in [-0.05, 0) is 67.3 Å². The smallest absolute Gasteiger partial charge is 0.303 e. The van der Waals surface area contributed by atoms with Crippen LogP contribution in [0.25, 0.3) is 10.9 Å². The summed E-state index contributed by atoms with van der Waals surface area (Å²) in [5, 5.41) is 23.4.